The molecule has 0 unspecified atom stereocenters. The molecule has 0 rings (SSSR count). The second-order valence-corrected chi connectivity index (χ2v) is 3.80. The van der Waals surface area contributed by atoms with Crippen LogP contribution in [0.2, 0.25) is 0 Å². The SMILES string of the molecule is CCOS(=O)(=O)OCC.O=C(O)CCC(=O)O. The van der Waals surface area contributed by atoms with Gasteiger partial charge in [0.2, 0.25) is 0 Å². The molecule has 0 aromatic heterocycles. The molecule has 0 bridgehead atoms. The Labute approximate surface area is 99.5 Å². The molecule has 0 fully saturated rings. The minimum Gasteiger partial charge on any atom is -0.481 e. The van der Waals surface area contributed by atoms with Crippen molar-refractivity contribution >= 4 is 22.3 Å². The number of hydrogen-bond donors (Lipinski definition) is 2. The molecule has 0 aromatic rings. The standard InChI is InChI=1S/C4H10O4S.C4H6O4/c1-3-7-9(5,6)8-4-2;5-3(6)1-2-4(7)8/h3-4H2,1-2H3;1-2H2,(H,5,6)(H,7,8). The molecule has 0 aliphatic heterocycles. The minimum absolute atomic E-state index is 0.113. The molecule has 8 nitrogen and oxygen atoms in total. The van der Waals surface area contributed by atoms with Crippen molar-refractivity contribution in [2.75, 3.05) is 13.2 Å². The molecule has 0 amide bonds. The highest BCUT2D eigenvalue weighted by Gasteiger charge is 2.06. The maximum atomic E-state index is 10.4. The topological polar surface area (TPSA) is 127 Å². The molecule has 0 spiro atoms. The van der Waals surface area contributed by atoms with E-state index < -0.39 is 22.3 Å². The van der Waals surface area contributed by atoms with Gasteiger partial charge in [-0.15, -0.1) is 0 Å². The Balaban J connectivity index is 0. The minimum atomic E-state index is -3.68. The van der Waals surface area contributed by atoms with Crippen LogP contribution in [0.4, 0.5) is 0 Å². The van der Waals surface area contributed by atoms with Gasteiger partial charge in [-0.1, -0.05) is 0 Å². The van der Waals surface area contributed by atoms with E-state index in [1.165, 1.54) is 0 Å². The summed E-state index contributed by atoms with van der Waals surface area (Å²) in [4.78, 5) is 19.3. The van der Waals surface area contributed by atoms with Crippen molar-refractivity contribution in [1.82, 2.24) is 0 Å². The van der Waals surface area contributed by atoms with Gasteiger partial charge in [-0.25, -0.2) is 8.37 Å². The lowest BCUT2D eigenvalue weighted by Gasteiger charge is -1.99. The van der Waals surface area contributed by atoms with E-state index in [1.54, 1.807) is 13.8 Å². The fourth-order valence-corrected chi connectivity index (χ4v) is 1.18. The van der Waals surface area contributed by atoms with E-state index in [0.29, 0.717) is 0 Å². The summed E-state index contributed by atoms with van der Waals surface area (Å²) in [5, 5.41) is 15.8. The molecule has 9 heteroatoms. The second-order valence-electron chi connectivity index (χ2n) is 2.51. The van der Waals surface area contributed by atoms with Gasteiger partial charge in [-0.3, -0.25) is 9.59 Å². The molecule has 0 saturated carbocycles. The number of aliphatic carboxylic acids is 2. The van der Waals surface area contributed by atoms with E-state index in [-0.39, 0.29) is 26.1 Å². The molecular weight excluding hydrogens is 256 g/mol. The average Bonchev–Trinajstić information content (AvgIpc) is 2.15. The number of hydrogen-bond acceptors (Lipinski definition) is 6. The van der Waals surface area contributed by atoms with Gasteiger partial charge in [0.05, 0.1) is 26.1 Å². The van der Waals surface area contributed by atoms with Gasteiger partial charge < -0.3 is 10.2 Å². The summed E-state index contributed by atoms with van der Waals surface area (Å²) >= 11 is 0. The van der Waals surface area contributed by atoms with E-state index in [1.807, 2.05) is 0 Å². The van der Waals surface area contributed by atoms with Crippen molar-refractivity contribution in [3.8, 4) is 0 Å². The van der Waals surface area contributed by atoms with Crippen LogP contribution in [0.15, 0.2) is 0 Å². The third-order valence-electron chi connectivity index (χ3n) is 1.08. The molecule has 0 aromatic carbocycles. The first-order chi connectivity index (χ1) is 7.75. The molecule has 0 saturated heterocycles. The maximum Gasteiger partial charge on any atom is 0.399 e. The van der Waals surface area contributed by atoms with E-state index in [0.717, 1.165) is 0 Å². The molecule has 0 aliphatic carbocycles. The maximum absolute atomic E-state index is 10.4. The lowest BCUT2D eigenvalue weighted by molar-refractivity contribution is -0.143. The summed E-state index contributed by atoms with van der Waals surface area (Å²) in [6.45, 7) is 3.39. The van der Waals surface area contributed by atoms with Crippen LogP contribution in [0.5, 0.6) is 0 Å². The summed E-state index contributed by atoms with van der Waals surface area (Å²) in [5.74, 6) is -2.15. The Hall–Kier alpha value is -1.19. The summed E-state index contributed by atoms with van der Waals surface area (Å²) in [5.41, 5.74) is 0. The first-order valence-electron chi connectivity index (χ1n) is 4.72. The largest absolute Gasteiger partial charge is 0.481 e. The Bertz CT molecular complexity index is 294. The van der Waals surface area contributed by atoms with Crippen molar-refractivity contribution in [2.24, 2.45) is 0 Å². The Morgan fingerprint density at radius 1 is 0.941 bits per heavy atom. The van der Waals surface area contributed by atoms with E-state index in [4.69, 9.17) is 10.2 Å². The summed E-state index contributed by atoms with van der Waals surface area (Å²) in [6, 6.07) is 0. The van der Waals surface area contributed by atoms with Gasteiger partial charge >= 0.3 is 22.3 Å². The zero-order valence-corrected chi connectivity index (χ0v) is 10.4. The Morgan fingerprint density at radius 3 is 1.41 bits per heavy atom. The highest BCUT2D eigenvalue weighted by atomic mass is 32.3. The van der Waals surface area contributed by atoms with Crippen molar-refractivity contribution in [3.05, 3.63) is 0 Å². The highest BCUT2D eigenvalue weighted by molar-refractivity contribution is 7.81. The monoisotopic (exact) mass is 272 g/mol. The fourth-order valence-electron chi connectivity index (χ4n) is 0.537. The van der Waals surface area contributed by atoms with E-state index in [2.05, 4.69) is 8.37 Å². The number of carboxylic acid groups (broad SMARTS) is 2. The van der Waals surface area contributed by atoms with Crippen molar-refractivity contribution < 1.29 is 36.6 Å². The summed E-state index contributed by atoms with van der Waals surface area (Å²) in [7, 11) is -3.68. The van der Waals surface area contributed by atoms with Crippen molar-refractivity contribution in [1.29, 1.82) is 0 Å². The summed E-state index contributed by atoms with van der Waals surface area (Å²) in [6.07, 6.45) is -0.593. The first kappa shape index (κ1) is 18.2. The zero-order chi connectivity index (χ0) is 13.9. The van der Waals surface area contributed by atoms with Gasteiger partial charge in [-0.2, -0.15) is 8.42 Å². The predicted octanol–water partition coefficient (Wildman–Crippen LogP) is 0.240. The van der Waals surface area contributed by atoms with Crippen LogP contribution in [-0.2, 0) is 28.4 Å². The second kappa shape index (κ2) is 10.00. The normalized spacial score (nSPS) is 10.2. The molecule has 0 radical (unpaired) electrons. The summed E-state index contributed by atoms with van der Waals surface area (Å²) < 4.78 is 29.2. The van der Waals surface area contributed by atoms with Gasteiger partial charge in [0.15, 0.2) is 0 Å². The molecule has 2 N–H and O–H groups in total. The molecule has 0 aliphatic rings. The van der Waals surface area contributed by atoms with Gasteiger partial charge in [-0.05, 0) is 13.8 Å². The highest BCUT2D eigenvalue weighted by Crippen LogP contribution is 1.93. The quantitative estimate of drug-likeness (QED) is 0.674. The van der Waals surface area contributed by atoms with Crippen LogP contribution in [0.1, 0.15) is 26.7 Å². The van der Waals surface area contributed by atoms with E-state index >= 15 is 0 Å². The van der Waals surface area contributed by atoms with Crippen LogP contribution < -0.4 is 0 Å². The predicted molar refractivity (Wildman–Crippen MR) is 56.7 cm³/mol. The smallest absolute Gasteiger partial charge is 0.399 e. The average molecular weight is 272 g/mol. The van der Waals surface area contributed by atoms with Crippen LogP contribution in [0.3, 0.4) is 0 Å². The fraction of sp³-hybridized carbons (Fsp3) is 0.750. The first-order valence-corrected chi connectivity index (χ1v) is 6.05. The number of carboxylic acids is 2. The molecular formula is C8H16O8S. The molecule has 17 heavy (non-hydrogen) atoms. The third-order valence-corrected chi connectivity index (χ3v) is 2.13. The van der Waals surface area contributed by atoms with Crippen molar-refractivity contribution in [2.45, 2.75) is 26.7 Å². The number of rotatable bonds is 7. The van der Waals surface area contributed by atoms with Gasteiger partial charge in [0, 0.05) is 0 Å². The lowest BCUT2D eigenvalue weighted by Crippen LogP contribution is -2.09. The Kier molecular flexibility index (Phi) is 10.7. The third kappa shape index (κ3) is 17.4. The molecule has 102 valence electrons. The van der Waals surface area contributed by atoms with Crippen LogP contribution in [-0.4, -0.2) is 43.8 Å². The van der Waals surface area contributed by atoms with Gasteiger partial charge in [0.1, 0.15) is 0 Å². The van der Waals surface area contributed by atoms with Crippen molar-refractivity contribution in [3.63, 3.8) is 0 Å². The number of carbonyl (C=O) groups is 2. The Morgan fingerprint density at radius 2 is 1.24 bits per heavy atom. The zero-order valence-electron chi connectivity index (χ0n) is 9.58. The molecule has 0 heterocycles. The van der Waals surface area contributed by atoms with Crippen LogP contribution >= 0.6 is 0 Å². The van der Waals surface area contributed by atoms with Gasteiger partial charge in [0.25, 0.3) is 0 Å². The van der Waals surface area contributed by atoms with E-state index in [9.17, 15) is 18.0 Å². The van der Waals surface area contributed by atoms with Crippen LogP contribution in [0.25, 0.3) is 0 Å². The molecule has 0 atom stereocenters. The lowest BCUT2D eigenvalue weighted by atomic mass is 10.3. The van der Waals surface area contributed by atoms with Crippen LogP contribution in [0, 0.1) is 0 Å².